The van der Waals surface area contributed by atoms with Crippen molar-refractivity contribution in [2.75, 3.05) is 0 Å². The Kier molecular flexibility index (Phi) is 1.56. The summed E-state index contributed by atoms with van der Waals surface area (Å²) >= 11 is 0. The van der Waals surface area contributed by atoms with Gasteiger partial charge in [0, 0.05) is 6.42 Å². The molecule has 3 nitrogen and oxygen atoms in total. The van der Waals surface area contributed by atoms with Crippen molar-refractivity contribution in [1.82, 2.24) is 0 Å². The molecule has 1 aromatic rings. The van der Waals surface area contributed by atoms with E-state index < -0.39 is 5.91 Å². The zero-order chi connectivity index (χ0) is 8.60. The molecule has 0 unspecified atom stereocenters. The molecule has 1 aliphatic heterocycles. The molecule has 64 valence electrons. The number of nitrogens with two attached hydrogens (primary N) is 1. The molecular formula is C9H11NO2. The molecule has 1 heterocycles. The molecule has 1 atom stereocenters. The Hall–Kier alpha value is -1.06. The van der Waals surface area contributed by atoms with Gasteiger partial charge >= 0.3 is 0 Å². The van der Waals surface area contributed by atoms with Crippen molar-refractivity contribution < 1.29 is 9.84 Å². The van der Waals surface area contributed by atoms with Gasteiger partial charge in [0.2, 0.25) is 0 Å². The molecule has 0 radical (unpaired) electrons. The first kappa shape index (κ1) is 7.58. The van der Waals surface area contributed by atoms with Gasteiger partial charge in [-0.05, 0) is 18.1 Å². The third kappa shape index (κ3) is 1.29. The van der Waals surface area contributed by atoms with Gasteiger partial charge in [-0.1, -0.05) is 18.2 Å². The van der Waals surface area contributed by atoms with E-state index in [2.05, 4.69) is 0 Å². The molecular weight excluding hydrogens is 154 g/mol. The van der Waals surface area contributed by atoms with Gasteiger partial charge in [0.1, 0.15) is 5.75 Å². The number of hydrogen-bond acceptors (Lipinski definition) is 3. The highest BCUT2D eigenvalue weighted by atomic mass is 16.6. The summed E-state index contributed by atoms with van der Waals surface area (Å²) in [6, 6.07) is 7.60. The third-order valence-electron chi connectivity index (χ3n) is 2.01. The summed E-state index contributed by atoms with van der Waals surface area (Å²) in [6.45, 7) is 0. The van der Waals surface area contributed by atoms with Crippen molar-refractivity contribution in [1.29, 1.82) is 0 Å². The molecule has 2 rings (SSSR count). The molecule has 12 heavy (non-hydrogen) atoms. The fourth-order valence-electron chi connectivity index (χ4n) is 1.37. The van der Waals surface area contributed by atoms with Crippen LogP contribution in [-0.4, -0.2) is 11.0 Å². The predicted octanol–water partition coefficient (Wildman–Crippen LogP) is 0.616. The minimum atomic E-state index is -1.48. The molecule has 0 saturated carbocycles. The molecule has 1 aliphatic rings. The van der Waals surface area contributed by atoms with E-state index in [1.807, 2.05) is 24.3 Å². The van der Waals surface area contributed by atoms with Crippen molar-refractivity contribution in [3.05, 3.63) is 29.8 Å². The van der Waals surface area contributed by atoms with Crippen LogP contribution < -0.4 is 10.5 Å². The Labute approximate surface area is 70.8 Å². The van der Waals surface area contributed by atoms with E-state index in [0.717, 1.165) is 12.0 Å². The van der Waals surface area contributed by atoms with Gasteiger partial charge in [-0.3, -0.25) is 5.73 Å². The number of fused-ring (bicyclic) bond motifs is 1. The molecule has 0 aromatic heterocycles. The largest absolute Gasteiger partial charge is 0.449 e. The normalized spacial score (nSPS) is 27.5. The van der Waals surface area contributed by atoms with E-state index in [0.29, 0.717) is 12.2 Å². The Morgan fingerprint density at radius 3 is 3.00 bits per heavy atom. The van der Waals surface area contributed by atoms with Crippen molar-refractivity contribution >= 4 is 0 Å². The summed E-state index contributed by atoms with van der Waals surface area (Å²) in [6.07, 6.45) is 1.22. The maximum Gasteiger partial charge on any atom is 0.265 e. The second kappa shape index (κ2) is 2.47. The average Bonchev–Trinajstić information content (AvgIpc) is 2.02. The number of ether oxygens (including phenoxy) is 1. The quantitative estimate of drug-likeness (QED) is 0.554. The van der Waals surface area contributed by atoms with Gasteiger partial charge in [0.05, 0.1) is 0 Å². The molecule has 3 heteroatoms. The maximum atomic E-state index is 9.38. The highest BCUT2D eigenvalue weighted by Gasteiger charge is 2.28. The second-order valence-corrected chi connectivity index (χ2v) is 3.05. The third-order valence-corrected chi connectivity index (χ3v) is 2.01. The fraction of sp³-hybridized carbons (Fsp3) is 0.333. The number of para-hydroxylation sites is 1. The highest BCUT2D eigenvalue weighted by molar-refractivity contribution is 5.35. The summed E-state index contributed by atoms with van der Waals surface area (Å²) in [5.74, 6) is -0.789. The summed E-state index contributed by atoms with van der Waals surface area (Å²) < 4.78 is 5.15. The summed E-state index contributed by atoms with van der Waals surface area (Å²) in [7, 11) is 0. The molecule has 0 saturated heterocycles. The number of hydrogen-bond donors (Lipinski definition) is 2. The number of benzene rings is 1. The van der Waals surface area contributed by atoms with Gasteiger partial charge < -0.3 is 9.84 Å². The zero-order valence-electron chi connectivity index (χ0n) is 6.66. The number of aryl methyl sites for hydroxylation is 1. The van der Waals surface area contributed by atoms with Crippen LogP contribution in [0.2, 0.25) is 0 Å². The van der Waals surface area contributed by atoms with Gasteiger partial charge in [-0.25, -0.2) is 0 Å². The fourth-order valence-corrected chi connectivity index (χ4v) is 1.37. The van der Waals surface area contributed by atoms with E-state index in [-0.39, 0.29) is 0 Å². The van der Waals surface area contributed by atoms with Crippen LogP contribution >= 0.6 is 0 Å². The van der Waals surface area contributed by atoms with Crippen LogP contribution in [0.4, 0.5) is 0 Å². The van der Waals surface area contributed by atoms with Crippen molar-refractivity contribution in [2.45, 2.75) is 18.8 Å². The minimum absolute atomic E-state index is 0.448. The molecule has 0 fully saturated rings. The highest BCUT2D eigenvalue weighted by Crippen LogP contribution is 2.28. The molecule has 0 spiro atoms. The van der Waals surface area contributed by atoms with E-state index in [4.69, 9.17) is 10.5 Å². The monoisotopic (exact) mass is 165 g/mol. The van der Waals surface area contributed by atoms with E-state index in [1.165, 1.54) is 0 Å². The Balaban J connectivity index is 2.35. The van der Waals surface area contributed by atoms with E-state index in [1.54, 1.807) is 0 Å². The number of aliphatic hydroxyl groups is 1. The van der Waals surface area contributed by atoms with Crippen LogP contribution in [0, 0.1) is 0 Å². The first-order chi connectivity index (χ1) is 5.67. The lowest BCUT2D eigenvalue weighted by atomic mass is 10.0. The zero-order valence-corrected chi connectivity index (χ0v) is 6.66. The first-order valence-corrected chi connectivity index (χ1v) is 3.95. The van der Waals surface area contributed by atoms with E-state index >= 15 is 0 Å². The van der Waals surface area contributed by atoms with Crippen molar-refractivity contribution in [2.24, 2.45) is 5.73 Å². The van der Waals surface area contributed by atoms with Crippen molar-refractivity contribution in [3.8, 4) is 5.75 Å². The second-order valence-electron chi connectivity index (χ2n) is 3.05. The lowest BCUT2D eigenvalue weighted by Gasteiger charge is -2.30. The van der Waals surface area contributed by atoms with Crippen LogP contribution in [0.1, 0.15) is 12.0 Å². The van der Waals surface area contributed by atoms with Crippen LogP contribution in [0.15, 0.2) is 24.3 Å². The summed E-state index contributed by atoms with van der Waals surface area (Å²) in [5.41, 5.74) is 6.53. The van der Waals surface area contributed by atoms with Gasteiger partial charge in [0.25, 0.3) is 5.91 Å². The Morgan fingerprint density at radius 1 is 1.42 bits per heavy atom. The SMILES string of the molecule is N[C@]1(O)CCc2ccccc2O1. The number of rotatable bonds is 0. The van der Waals surface area contributed by atoms with Gasteiger partial charge in [-0.15, -0.1) is 0 Å². The first-order valence-electron chi connectivity index (χ1n) is 3.95. The summed E-state index contributed by atoms with van der Waals surface area (Å²) in [4.78, 5) is 0. The van der Waals surface area contributed by atoms with Crippen LogP contribution in [0.3, 0.4) is 0 Å². The van der Waals surface area contributed by atoms with Gasteiger partial charge in [0.15, 0.2) is 0 Å². The maximum absolute atomic E-state index is 9.38. The van der Waals surface area contributed by atoms with Crippen LogP contribution in [0.25, 0.3) is 0 Å². The van der Waals surface area contributed by atoms with Crippen molar-refractivity contribution in [3.63, 3.8) is 0 Å². The Bertz CT molecular complexity index is 296. The molecule has 1 aromatic carbocycles. The van der Waals surface area contributed by atoms with Gasteiger partial charge in [-0.2, -0.15) is 0 Å². The predicted molar refractivity (Wildman–Crippen MR) is 44.5 cm³/mol. The van der Waals surface area contributed by atoms with E-state index in [9.17, 15) is 5.11 Å². The average molecular weight is 165 g/mol. The molecule has 0 bridgehead atoms. The smallest absolute Gasteiger partial charge is 0.265 e. The molecule has 0 amide bonds. The summed E-state index contributed by atoms with van der Waals surface area (Å²) in [5, 5.41) is 9.38. The molecule has 0 aliphatic carbocycles. The lowest BCUT2D eigenvalue weighted by Crippen LogP contribution is -2.48. The standard InChI is InChI=1S/C9H11NO2/c10-9(11)6-5-7-3-1-2-4-8(7)12-9/h1-4,11H,5-6,10H2/t9-/m0/s1. The molecule has 3 N–H and O–H groups in total. The topological polar surface area (TPSA) is 55.5 Å². The van der Waals surface area contributed by atoms with Crippen LogP contribution in [0.5, 0.6) is 5.75 Å². The minimum Gasteiger partial charge on any atom is -0.449 e. The Morgan fingerprint density at radius 2 is 2.17 bits per heavy atom. The van der Waals surface area contributed by atoms with Crippen LogP contribution in [-0.2, 0) is 6.42 Å². The lowest BCUT2D eigenvalue weighted by molar-refractivity contribution is -0.144.